The molecule has 0 N–H and O–H groups in total. The van der Waals surface area contributed by atoms with Crippen molar-refractivity contribution in [3.8, 4) is 0 Å². The smallest absolute Gasteiger partial charge is 0.226 e. The zero-order chi connectivity index (χ0) is 18.7. The highest BCUT2D eigenvalue weighted by Gasteiger charge is 2.25. The van der Waals surface area contributed by atoms with Crippen molar-refractivity contribution in [1.29, 1.82) is 0 Å². The van der Waals surface area contributed by atoms with Crippen molar-refractivity contribution in [3.63, 3.8) is 0 Å². The SMILES string of the molecule is Cc1cncnc1C1CCN(C(=O)Cc2ccc(S(C)(=O)=O)cc2)CC1. The quantitative estimate of drug-likeness (QED) is 0.820. The van der Waals surface area contributed by atoms with Crippen LogP contribution >= 0.6 is 0 Å². The predicted molar refractivity (Wildman–Crippen MR) is 98.6 cm³/mol. The van der Waals surface area contributed by atoms with Gasteiger partial charge < -0.3 is 4.90 Å². The van der Waals surface area contributed by atoms with Crippen molar-refractivity contribution in [1.82, 2.24) is 14.9 Å². The number of piperidine rings is 1. The van der Waals surface area contributed by atoms with Crippen LogP contribution in [0.5, 0.6) is 0 Å². The van der Waals surface area contributed by atoms with Gasteiger partial charge in [-0.1, -0.05) is 12.1 Å². The third kappa shape index (κ3) is 4.27. The maximum Gasteiger partial charge on any atom is 0.226 e. The van der Waals surface area contributed by atoms with Gasteiger partial charge in [-0.3, -0.25) is 4.79 Å². The number of sulfone groups is 1. The van der Waals surface area contributed by atoms with Crippen LogP contribution in [0.2, 0.25) is 0 Å². The van der Waals surface area contributed by atoms with Crippen molar-refractivity contribution in [2.75, 3.05) is 19.3 Å². The normalized spacial score (nSPS) is 15.8. The van der Waals surface area contributed by atoms with E-state index in [1.54, 1.807) is 30.6 Å². The van der Waals surface area contributed by atoms with E-state index < -0.39 is 9.84 Å². The summed E-state index contributed by atoms with van der Waals surface area (Å²) >= 11 is 0. The topological polar surface area (TPSA) is 80.2 Å². The molecule has 0 spiro atoms. The van der Waals surface area contributed by atoms with E-state index >= 15 is 0 Å². The zero-order valence-corrected chi connectivity index (χ0v) is 15.9. The van der Waals surface area contributed by atoms with Gasteiger partial charge in [0.25, 0.3) is 0 Å². The van der Waals surface area contributed by atoms with E-state index in [9.17, 15) is 13.2 Å². The largest absolute Gasteiger partial charge is 0.342 e. The average Bonchev–Trinajstić information content (AvgIpc) is 2.62. The molecule has 138 valence electrons. The fourth-order valence-electron chi connectivity index (χ4n) is 3.38. The van der Waals surface area contributed by atoms with Crippen LogP contribution in [0.15, 0.2) is 41.7 Å². The van der Waals surface area contributed by atoms with Crippen LogP contribution in [0.1, 0.15) is 35.6 Å². The summed E-state index contributed by atoms with van der Waals surface area (Å²) in [5, 5.41) is 0. The summed E-state index contributed by atoms with van der Waals surface area (Å²) in [5.74, 6) is 0.450. The molecule has 26 heavy (non-hydrogen) atoms. The third-order valence-electron chi connectivity index (χ3n) is 4.88. The molecule has 1 aliphatic heterocycles. The first kappa shape index (κ1) is 18.5. The van der Waals surface area contributed by atoms with Crippen molar-refractivity contribution >= 4 is 15.7 Å². The molecule has 1 aromatic heterocycles. The number of aryl methyl sites for hydroxylation is 1. The van der Waals surface area contributed by atoms with Crippen molar-refractivity contribution < 1.29 is 13.2 Å². The second-order valence-corrected chi connectivity index (χ2v) is 8.85. The Balaban J connectivity index is 1.58. The Morgan fingerprint density at radius 1 is 1.19 bits per heavy atom. The summed E-state index contributed by atoms with van der Waals surface area (Å²) in [5.41, 5.74) is 3.02. The van der Waals surface area contributed by atoms with E-state index in [1.807, 2.05) is 18.0 Å². The zero-order valence-electron chi connectivity index (χ0n) is 15.1. The van der Waals surface area contributed by atoms with E-state index in [-0.39, 0.29) is 10.8 Å². The monoisotopic (exact) mass is 373 g/mol. The van der Waals surface area contributed by atoms with Crippen molar-refractivity contribution in [3.05, 3.63) is 53.6 Å². The van der Waals surface area contributed by atoms with Crippen LogP contribution in [0.4, 0.5) is 0 Å². The molecule has 2 heterocycles. The molecule has 3 rings (SSSR count). The number of carbonyl (C=O) groups excluding carboxylic acids is 1. The minimum absolute atomic E-state index is 0.0787. The molecule has 7 heteroatoms. The Bertz CT molecular complexity index is 887. The number of benzene rings is 1. The lowest BCUT2D eigenvalue weighted by molar-refractivity contribution is -0.131. The third-order valence-corrected chi connectivity index (χ3v) is 6.01. The summed E-state index contributed by atoms with van der Waals surface area (Å²) in [4.78, 5) is 23.1. The molecule has 1 aliphatic rings. The molecular weight excluding hydrogens is 350 g/mol. The highest BCUT2D eigenvalue weighted by Crippen LogP contribution is 2.28. The van der Waals surface area contributed by atoms with Gasteiger partial charge in [0, 0.05) is 37.2 Å². The molecule has 0 saturated carbocycles. The first-order chi connectivity index (χ1) is 12.3. The Labute approximate surface area is 154 Å². The Kier molecular flexibility index (Phi) is 5.36. The van der Waals surface area contributed by atoms with Crippen LogP contribution in [0, 0.1) is 6.92 Å². The lowest BCUT2D eigenvalue weighted by Gasteiger charge is -2.32. The predicted octanol–water partition coefficient (Wildman–Crippen LogP) is 2.14. The van der Waals surface area contributed by atoms with E-state index in [2.05, 4.69) is 9.97 Å². The van der Waals surface area contributed by atoms with E-state index in [0.717, 1.165) is 29.7 Å². The molecule has 1 amide bonds. The van der Waals surface area contributed by atoms with Gasteiger partial charge in [0.1, 0.15) is 6.33 Å². The number of likely N-dealkylation sites (tertiary alicyclic amines) is 1. The molecule has 6 nitrogen and oxygen atoms in total. The van der Waals surface area contributed by atoms with E-state index in [0.29, 0.717) is 25.4 Å². The number of hydrogen-bond donors (Lipinski definition) is 0. The fourth-order valence-corrected chi connectivity index (χ4v) is 4.01. The maximum absolute atomic E-state index is 12.5. The Morgan fingerprint density at radius 2 is 1.85 bits per heavy atom. The average molecular weight is 373 g/mol. The van der Waals surface area contributed by atoms with Crippen molar-refractivity contribution in [2.45, 2.75) is 37.0 Å². The number of nitrogens with zero attached hydrogens (tertiary/aromatic N) is 3. The Morgan fingerprint density at radius 3 is 2.42 bits per heavy atom. The maximum atomic E-state index is 12.5. The second kappa shape index (κ2) is 7.53. The van der Waals surface area contributed by atoms with Crippen LogP contribution in [-0.4, -0.2) is 48.5 Å². The highest BCUT2D eigenvalue weighted by molar-refractivity contribution is 7.90. The van der Waals surface area contributed by atoms with Crippen LogP contribution in [0.3, 0.4) is 0 Å². The summed E-state index contributed by atoms with van der Waals surface area (Å²) in [6.07, 6.45) is 6.69. The van der Waals surface area contributed by atoms with Gasteiger partial charge in [0.2, 0.25) is 5.91 Å². The molecule has 1 saturated heterocycles. The van der Waals surface area contributed by atoms with Crippen LogP contribution in [-0.2, 0) is 21.1 Å². The number of hydrogen-bond acceptors (Lipinski definition) is 5. The molecule has 0 bridgehead atoms. The van der Waals surface area contributed by atoms with Gasteiger partial charge in [-0.05, 0) is 43.0 Å². The number of aromatic nitrogens is 2. The summed E-state index contributed by atoms with van der Waals surface area (Å²) < 4.78 is 23.0. The number of carbonyl (C=O) groups is 1. The summed E-state index contributed by atoms with van der Waals surface area (Å²) in [6.45, 7) is 3.45. The molecule has 0 aliphatic carbocycles. The molecule has 1 fully saturated rings. The van der Waals surface area contributed by atoms with Gasteiger partial charge >= 0.3 is 0 Å². The lowest BCUT2D eigenvalue weighted by Crippen LogP contribution is -2.39. The molecule has 1 aromatic carbocycles. The van der Waals surface area contributed by atoms with E-state index in [4.69, 9.17) is 0 Å². The second-order valence-electron chi connectivity index (χ2n) is 6.84. The Hall–Kier alpha value is -2.28. The van der Waals surface area contributed by atoms with Gasteiger partial charge in [0.15, 0.2) is 9.84 Å². The first-order valence-electron chi connectivity index (χ1n) is 8.68. The van der Waals surface area contributed by atoms with Crippen LogP contribution in [0.25, 0.3) is 0 Å². The minimum Gasteiger partial charge on any atom is -0.342 e. The molecule has 0 radical (unpaired) electrons. The lowest BCUT2D eigenvalue weighted by atomic mass is 9.91. The molecular formula is C19H23N3O3S. The molecule has 2 aromatic rings. The van der Waals surface area contributed by atoms with Gasteiger partial charge in [-0.2, -0.15) is 0 Å². The highest BCUT2D eigenvalue weighted by atomic mass is 32.2. The standard InChI is InChI=1S/C19H23N3O3S/c1-14-12-20-13-21-19(14)16-7-9-22(10-8-16)18(23)11-15-3-5-17(6-4-15)26(2,24)25/h3-6,12-13,16H,7-11H2,1-2H3. The summed E-state index contributed by atoms with van der Waals surface area (Å²) in [6, 6.07) is 6.54. The first-order valence-corrected chi connectivity index (χ1v) is 10.6. The van der Waals surface area contributed by atoms with Crippen LogP contribution < -0.4 is 0 Å². The van der Waals surface area contributed by atoms with E-state index in [1.165, 1.54) is 6.26 Å². The molecule has 0 unspecified atom stereocenters. The van der Waals surface area contributed by atoms with Gasteiger partial charge in [-0.15, -0.1) is 0 Å². The van der Waals surface area contributed by atoms with Gasteiger partial charge in [0.05, 0.1) is 11.3 Å². The summed E-state index contributed by atoms with van der Waals surface area (Å²) in [7, 11) is -3.21. The number of amides is 1. The molecule has 0 atom stereocenters. The fraction of sp³-hybridized carbons (Fsp3) is 0.421. The van der Waals surface area contributed by atoms with Gasteiger partial charge in [-0.25, -0.2) is 18.4 Å². The minimum atomic E-state index is -3.21. The number of rotatable bonds is 4. The van der Waals surface area contributed by atoms with Crippen molar-refractivity contribution in [2.24, 2.45) is 0 Å².